The number of pyridine rings is 1. The minimum atomic E-state index is -0.295. The van der Waals surface area contributed by atoms with Gasteiger partial charge in [0.05, 0.1) is 6.04 Å². The molecule has 3 N–H and O–H groups in total. The van der Waals surface area contributed by atoms with E-state index in [-0.39, 0.29) is 17.5 Å². The van der Waals surface area contributed by atoms with Gasteiger partial charge >= 0.3 is 0 Å². The van der Waals surface area contributed by atoms with Crippen molar-refractivity contribution in [3.05, 3.63) is 30.1 Å². The van der Waals surface area contributed by atoms with Gasteiger partial charge < -0.3 is 11.1 Å². The van der Waals surface area contributed by atoms with Crippen LogP contribution in [0, 0.1) is 0 Å². The van der Waals surface area contributed by atoms with Gasteiger partial charge in [-0.3, -0.25) is 9.78 Å². The molecule has 1 saturated carbocycles. The van der Waals surface area contributed by atoms with E-state index in [9.17, 15) is 4.79 Å². The minimum absolute atomic E-state index is 0.0200. The summed E-state index contributed by atoms with van der Waals surface area (Å²) in [5.41, 5.74) is 7.03. The van der Waals surface area contributed by atoms with Crippen LogP contribution >= 0.6 is 0 Å². The first-order valence-electron chi connectivity index (χ1n) is 7.07. The Hall–Kier alpha value is -1.42. The summed E-state index contributed by atoms with van der Waals surface area (Å²) < 4.78 is 0. The van der Waals surface area contributed by atoms with Crippen LogP contribution in [0.3, 0.4) is 0 Å². The molecule has 19 heavy (non-hydrogen) atoms. The molecule has 0 bridgehead atoms. The number of rotatable bonds is 4. The number of carbonyl (C=O) groups is 1. The van der Waals surface area contributed by atoms with Crippen molar-refractivity contribution in [1.29, 1.82) is 0 Å². The average Bonchev–Trinajstić information content (AvgIpc) is 2.39. The first kappa shape index (κ1) is 14.0. The highest BCUT2D eigenvalue weighted by Crippen LogP contribution is 2.28. The molecule has 4 heteroatoms. The Morgan fingerprint density at radius 1 is 1.47 bits per heavy atom. The largest absolute Gasteiger partial charge is 0.349 e. The average molecular weight is 261 g/mol. The van der Waals surface area contributed by atoms with Gasteiger partial charge in [-0.1, -0.05) is 25.3 Å². The fourth-order valence-electron chi connectivity index (χ4n) is 2.76. The van der Waals surface area contributed by atoms with Crippen LogP contribution in [0.25, 0.3) is 0 Å². The van der Waals surface area contributed by atoms with E-state index in [0.717, 1.165) is 31.2 Å². The monoisotopic (exact) mass is 261 g/mol. The van der Waals surface area contributed by atoms with Crippen molar-refractivity contribution >= 4 is 5.91 Å². The maximum absolute atomic E-state index is 12.1. The van der Waals surface area contributed by atoms with E-state index >= 15 is 0 Å². The summed E-state index contributed by atoms with van der Waals surface area (Å²) in [4.78, 5) is 16.2. The van der Waals surface area contributed by atoms with E-state index in [0.29, 0.717) is 6.42 Å². The number of nitrogens with one attached hydrogen (secondary N) is 1. The highest BCUT2D eigenvalue weighted by atomic mass is 16.1. The first-order chi connectivity index (χ1) is 9.09. The predicted octanol–water partition coefficient (Wildman–Crippen LogP) is 2.31. The van der Waals surface area contributed by atoms with E-state index in [1.54, 1.807) is 12.4 Å². The van der Waals surface area contributed by atoms with Crippen LogP contribution in [0.1, 0.15) is 57.1 Å². The van der Waals surface area contributed by atoms with Crippen molar-refractivity contribution in [2.75, 3.05) is 0 Å². The molecule has 104 valence electrons. The lowest BCUT2D eigenvalue weighted by Crippen LogP contribution is -2.46. The van der Waals surface area contributed by atoms with E-state index in [1.165, 1.54) is 6.42 Å². The molecule has 0 unspecified atom stereocenters. The number of nitrogens with zero attached hydrogens (tertiary/aromatic N) is 1. The van der Waals surface area contributed by atoms with Crippen molar-refractivity contribution < 1.29 is 4.79 Å². The van der Waals surface area contributed by atoms with Crippen LogP contribution in [-0.2, 0) is 4.79 Å². The lowest BCUT2D eigenvalue weighted by Gasteiger charge is -2.33. The minimum Gasteiger partial charge on any atom is -0.349 e. The number of amides is 1. The van der Waals surface area contributed by atoms with Crippen LogP contribution in [0.2, 0.25) is 0 Å². The fraction of sp³-hybridized carbons (Fsp3) is 0.600. The molecule has 1 aliphatic rings. The summed E-state index contributed by atoms with van der Waals surface area (Å²) in [5.74, 6) is 0.0424. The Kier molecular flexibility index (Phi) is 4.53. The maximum atomic E-state index is 12.1. The molecule has 0 spiro atoms. The van der Waals surface area contributed by atoms with Crippen LogP contribution in [0.5, 0.6) is 0 Å². The van der Waals surface area contributed by atoms with Crippen LogP contribution < -0.4 is 11.1 Å². The predicted molar refractivity (Wildman–Crippen MR) is 75.4 cm³/mol. The van der Waals surface area contributed by atoms with E-state index in [2.05, 4.69) is 10.3 Å². The standard InChI is InChI=1S/C15H23N3O/c1-12(13-6-5-9-17-11-13)18-14(19)10-15(16)7-3-2-4-8-15/h5-6,9,11-12H,2-4,7-8,10,16H2,1H3,(H,18,19)/t12-/m0/s1. The molecule has 1 atom stereocenters. The second kappa shape index (κ2) is 6.15. The van der Waals surface area contributed by atoms with Crippen molar-refractivity contribution in [1.82, 2.24) is 10.3 Å². The van der Waals surface area contributed by atoms with Gasteiger partial charge in [0, 0.05) is 24.4 Å². The van der Waals surface area contributed by atoms with Crippen molar-refractivity contribution in [2.24, 2.45) is 5.73 Å². The van der Waals surface area contributed by atoms with Gasteiger partial charge in [-0.2, -0.15) is 0 Å². The van der Waals surface area contributed by atoms with Crippen molar-refractivity contribution in [3.8, 4) is 0 Å². The summed E-state index contributed by atoms with van der Waals surface area (Å²) >= 11 is 0. The molecule has 0 saturated heterocycles. The Morgan fingerprint density at radius 2 is 2.21 bits per heavy atom. The topological polar surface area (TPSA) is 68.0 Å². The van der Waals surface area contributed by atoms with Gasteiger partial charge in [0.1, 0.15) is 0 Å². The molecule has 1 aromatic heterocycles. The number of carbonyl (C=O) groups excluding carboxylic acids is 1. The zero-order valence-corrected chi connectivity index (χ0v) is 11.6. The third kappa shape index (κ3) is 4.03. The third-order valence-electron chi connectivity index (χ3n) is 3.92. The molecule has 0 aromatic carbocycles. The maximum Gasteiger partial charge on any atom is 0.222 e. The number of nitrogens with two attached hydrogens (primary N) is 1. The van der Waals surface area contributed by atoms with Gasteiger partial charge in [0.25, 0.3) is 0 Å². The van der Waals surface area contributed by atoms with Crippen molar-refractivity contribution in [3.63, 3.8) is 0 Å². The molecule has 1 aromatic rings. The summed E-state index contributed by atoms with van der Waals surface area (Å²) in [5, 5.41) is 3.01. The van der Waals surface area contributed by atoms with Gasteiger partial charge in [-0.25, -0.2) is 0 Å². The van der Waals surface area contributed by atoms with Crippen LogP contribution in [0.15, 0.2) is 24.5 Å². The Balaban J connectivity index is 1.87. The second-order valence-electron chi connectivity index (χ2n) is 5.68. The van der Waals surface area contributed by atoms with E-state index in [4.69, 9.17) is 5.73 Å². The highest BCUT2D eigenvalue weighted by molar-refractivity contribution is 5.77. The van der Waals surface area contributed by atoms with Crippen LogP contribution in [-0.4, -0.2) is 16.4 Å². The molecular weight excluding hydrogens is 238 g/mol. The zero-order chi connectivity index (χ0) is 13.7. The van der Waals surface area contributed by atoms with Gasteiger partial charge in [0.2, 0.25) is 5.91 Å². The number of aromatic nitrogens is 1. The molecular formula is C15H23N3O. The smallest absolute Gasteiger partial charge is 0.222 e. The summed E-state index contributed by atoms with van der Waals surface area (Å²) in [6.45, 7) is 1.97. The van der Waals surface area contributed by atoms with Gasteiger partial charge in [-0.15, -0.1) is 0 Å². The summed E-state index contributed by atoms with van der Waals surface area (Å²) in [6.07, 6.45) is 9.39. The van der Waals surface area contributed by atoms with Crippen LogP contribution in [0.4, 0.5) is 0 Å². The lowest BCUT2D eigenvalue weighted by molar-refractivity contribution is -0.123. The molecule has 0 radical (unpaired) electrons. The first-order valence-corrected chi connectivity index (χ1v) is 7.07. The number of hydrogen-bond acceptors (Lipinski definition) is 3. The zero-order valence-electron chi connectivity index (χ0n) is 11.6. The SMILES string of the molecule is C[C@H](NC(=O)CC1(N)CCCCC1)c1cccnc1. The number of hydrogen-bond donors (Lipinski definition) is 2. The van der Waals surface area contributed by atoms with Gasteiger partial charge in [-0.05, 0) is 31.4 Å². The quantitative estimate of drug-likeness (QED) is 0.874. The molecule has 2 rings (SSSR count). The molecule has 0 aliphatic heterocycles. The third-order valence-corrected chi connectivity index (χ3v) is 3.92. The summed E-state index contributed by atoms with van der Waals surface area (Å²) in [6, 6.07) is 3.83. The lowest BCUT2D eigenvalue weighted by atomic mass is 9.80. The fourth-order valence-corrected chi connectivity index (χ4v) is 2.76. The molecule has 1 amide bonds. The van der Waals surface area contributed by atoms with Gasteiger partial charge in [0.15, 0.2) is 0 Å². The summed E-state index contributed by atoms with van der Waals surface area (Å²) in [7, 11) is 0. The highest BCUT2D eigenvalue weighted by Gasteiger charge is 2.30. The normalized spacial score (nSPS) is 19.7. The molecule has 1 heterocycles. The Bertz CT molecular complexity index is 413. The molecule has 4 nitrogen and oxygen atoms in total. The Labute approximate surface area is 114 Å². The Morgan fingerprint density at radius 3 is 2.84 bits per heavy atom. The van der Waals surface area contributed by atoms with Crippen molar-refractivity contribution in [2.45, 2.75) is 57.0 Å². The van der Waals surface area contributed by atoms with E-state index in [1.807, 2.05) is 19.1 Å². The molecule has 1 fully saturated rings. The van der Waals surface area contributed by atoms with E-state index < -0.39 is 0 Å². The second-order valence-corrected chi connectivity index (χ2v) is 5.68. The molecule has 1 aliphatic carbocycles.